The van der Waals surface area contributed by atoms with E-state index in [9.17, 15) is 0 Å². The molecular weight excluding hydrogens is 697 g/mol. The maximum Gasteiger partial charge on any atom is 0.00735 e. The fourth-order valence-corrected chi connectivity index (χ4v) is 9.84. The molecule has 0 heterocycles. The van der Waals surface area contributed by atoms with Crippen LogP contribution in [0.15, 0.2) is 200 Å². The Balaban J connectivity index is 1.06. The van der Waals surface area contributed by atoms with Gasteiger partial charge >= 0.3 is 0 Å². The normalized spacial score (nSPS) is 13.2. The van der Waals surface area contributed by atoms with Crippen molar-refractivity contribution in [2.45, 2.75) is 26.2 Å². The maximum absolute atomic E-state index is 2.43. The van der Waals surface area contributed by atoms with Gasteiger partial charge in [0, 0.05) is 5.92 Å². The average molecular weight is 739 g/mol. The van der Waals surface area contributed by atoms with E-state index in [2.05, 4.69) is 214 Å². The molecule has 274 valence electrons. The van der Waals surface area contributed by atoms with Crippen LogP contribution in [0.2, 0.25) is 0 Å². The van der Waals surface area contributed by atoms with Crippen molar-refractivity contribution >= 4 is 32.3 Å². The van der Waals surface area contributed by atoms with Crippen LogP contribution in [-0.4, -0.2) is 0 Å². The summed E-state index contributed by atoms with van der Waals surface area (Å²) in [5, 5.41) is 7.60. The van der Waals surface area contributed by atoms with Crippen LogP contribution in [0.3, 0.4) is 0 Å². The fourth-order valence-electron chi connectivity index (χ4n) is 9.84. The SMILES string of the molecule is CCc1cc(-c2c3ccccc3c(-c3cc(-c4ccc(-c5ccc6c(c5)C(C)c5ccccc5-6)cc4)cc4ccccc34)c3ccccc23)ccc1-c1ccccc1. The number of benzene rings is 10. The van der Waals surface area contributed by atoms with Crippen molar-refractivity contribution in [3.63, 3.8) is 0 Å². The predicted octanol–water partition coefficient (Wildman–Crippen LogP) is 16.2. The Kier molecular flexibility index (Phi) is 8.19. The lowest BCUT2D eigenvalue weighted by Crippen LogP contribution is -1.94. The van der Waals surface area contributed by atoms with E-state index in [0.717, 1.165) is 6.42 Å². The van der Waals surface area contributed by atoms with Crippen LogP contribution >= 0.6 is 0 Å². The summed E-state index contributed by atoms with van der Waals surface area (Å²) in [5.74, 6) is 0.400. The molecule has 0 amide bonds. The zero-order valence-corrected chi connectivity index (χ0v) is 32.8. The van der Waals surface area contributed by atoms with Crippen molar-refractivity contribution in [1.29, 1.82) is 0 Å². The number of hydrogen-bond acceptors (Lipinski definition) is 0. The van der Waals surface area contributed by atoms with Crippen molar-refractivity contribution in [1.82, 2.24) is 0 Å². The zero-order valence-electron chi connectivity index (χ0n) is 32.8. The van der Waals surface area contributed by atoms with Gasteiger partial charge in [-0.2, -0.15) is 0 Å². The maximum atomic E-state index is 2.43. The first-order valence-corrected chi connectivity index (χ1v) is 20.6. The summed E-state index contributed by atoms with van der Waals surface area (Å²) >= 11 is 0. The van der Waals surface area contributed by atoms with Gasteiger partial charge in [-0.1, -0.05) is 196 Å². The molecule has 1 aliphatic rings. The van der Waals surface area contributed by atoms with Crippen LogP contribution < -0.4 is 0 Å². The first kappa shape index (κ1) is 34.2. The molecule has 10 aromatic rings. The first-order valence-electron chi connectivity index (χ1n) is 20.6. The van der Waals surface area contributed by atoms with Crippen LogP contribution in [-0.2, 0) is 6.42 Å². The molecule has 0 aliphatic heterocycles. The van der Waals surface area contributed by atoms with Gasteiger partial charge in [-0.15, -0.1) is 0 Å². The smallest absolute Gasteiger partial charge is 0.00735 e. The van der Waals surface area contributed by atoms with Crippen molar-refractivity contribution in [2.75, 3.05) is 0 Å². The number of hydrogen-bond donors (Lipinski definition) is 0. The summed E-state index contributed by atoms with van der Waals surface area (Å²) in [6.45, 7) is 4.60. The van der Waals surface area contributed by atoms with Gasteiger partial charge in [0.2, 0.25) is 0 Å². The van der Waals surface area contributed by atoms with E-state index in [1.165, 1.54) is 116 Å². The van der Waals surface area contributed by atoms with E-state index < -0.39 is 0 Å². The molecule has 10 aromatic carbocycles. The number of aryl methyl sites for hydroxylation is 1. The summed E-state index contributed by atoms with van der Waals surface area (Å²) in [6, 6.07) is 74.7. The summed E-state index contributed by atoms with van der Waals surface area (Å²) in [4.78, 5) is 0. The highest BCUT2D eigenvalue weighted by Crippen LogP contribution is 2.48. The molecule has 0 saturated heterocycles. The Morgan fingerprint density at radius 1 is 0.328 bits per heavy atom. The molecule has 0 nitrogen and oxygen atoms in total. The zero-order chi connectivity index (χ0) is 38.7. The molecule has 0 fully saturated rings. The highest BCUT2D eigenvalue weighted by Gasteiger charge is 2.25. The third kappa shape index (κ3) is 5.52. The van der Waals surface area contributed by atoms with Crippen molar-refractivity contribution < 1.29 is 0 Å². The minimum absolute atomic E-state index is 0.400. The van der Waals surface area contributed by atoms with Gasteiger partial charge in [-0.3, -0.25) is 0 Å². The topological polar surface area (TPSA) is 0 Å². The molecule has 0 spiro atoms. The van der Waals surface area contributed by atoms with Gasteiger partial charge in [-0.25, -0.2) is 0 Å². The Bertz CT molecular complexity index is 3140. The molecule has 1 atom stereocenters. The number of rotatable bonds is 6. The van der Waals surface area contributed by atoms with Gasteiger partial charge in [0.05, 0.1) is 0 Å². The van der Waals surface area contributed by atoms with E-state index in [1.54, 1.807) is 0 Å². The van der Waals surface area contributed by atoms with Crippen LogP contribution in [0.25, 0.3) is 99.1 Å². The molecule has 58 heavy (non-hydrogen) atoms. The highest BCUT2D eigenvalue weighted by atomic mass is 14.3. The van der Waals surface area contributed by atoms with Crippen molar-refractivity contribution in [3.8, 4) is 66.8 Å². The minimum Gasteiger partial charge on any atom is -0.0622 e. The molecule has 0 N–H and O–H groups in total. The van der Waals surface area contributed by atoms with Gasteiger partial charge in [-0.05, 0) is 140 Å². The third-order valence-corrected chi connectivity index (χ3v) is 12.7. The fraction of sp³-hybridized carbons (Fsp3) is 0.0690. The van der Waals surface area contributed by atoms with Crippen LogP contribution in [0.1, 0.15) is 36.5 Å². The lowest BCUT2D eigenvalue weighted by atomic mass is 9.83. The van der Waals surface area contributed by atoms with Gasteiger partial charge < -0.3 is 0 Å². The van der Waals surface area contributed by atoms with Gasteiger partial charge in [0.25, 0.3) is 0 Å². The Hall–Kier alpha value is -7.02. The van der Waals surface area contributed by atoms with Crippen molar-refractivity contribution in [2.24, 2.45) is 0 Å². The Morgan fingerprint density at radius 2 is 0.862 bits per heavy atom. The summed E-state index contributed by atoms with van der Waals surface area (Å²) in [5.41, 5.74) is 19.6. The summed E-state index contributed by atoms with van der Waals surface area (Å²) in [6.07, 6.45) is 0.965. The van der Waals surface area contributed by atoms with Crippen molar-refractivity contribution in [3.05, 3.63) is 217 Å². The van der Waals surface area contributed by atoms with E-state index in [0.29, 0.717) is 5.92 Å². The molecule has 0 heteroatoms. The van der Waals surface area contributed by atoms with Gasteiger partial charge in [0.1, 0.15) is 0 Å². The van der Waals surface area contributed by atoms with E-state index in [4.69, 9.17) is 0 Å². The van der Waals surface area contributed by atoms with E-state index in [1.807, 2.05) is 0 Å². The molecular formula is C58H42. The first-order chi connectivity index (χ1) is 28.6. The number of fused-ring (bicyclic) bond motifs is 6. The second-order valence-electron chi connectivity index (χ2n) is 15.9. The average Bonchev–Trinajstić information content (AvgIpc) is 3.58. The lowest BCUT2D eigenvalue weighted by molar-refractivity contribution is 0.957. The molecule has 0 aromatic heterocycles. The monoisotopic (exact) mass is 738 g/mol. The largest absolute Gasteiger partial charge is 0.0622 e. The van der Waals surface area contributed by atoms with E-state index in [-0.39, 0.29) is 0 Å². The second kappa shape index (κ2) is 13.9. The summed E-state index contributed by atoms with van der Waals surface area (Å²) < 4.78 is 0. The quantitative estimate of drug-likeness (QED) is 0.149. The Morgan fingerprint density at radius 3 is 1.57 bits per heavy atom. The molecule has 1 unspecified atom stereocenters. The minimum atomic E-state index is 0.400. The highest BCUT2D eigenvalue weighted by molar-refractivity contribution is 6.24. The molecule has 1 aliphatic carbocycles. The summed E-state index contributed by atoms with van der Waals surface area (Å²) in [7, 11) is 0. The molecule has 11 rings (SSSR count). The second-order valence-corrected chi connectivity index (χ2v) is 15.9. The van der Waals surface area contributed by atoms with Crippen LogP contribution in [0, 0.1) is 0 Å². The van der Waals surface area contributed by atoms with Gasteiger partial charge in [0.15, 0.2) is 0 Å². The molecule has 0 radical (unpaired) electrons. The van der Waals surface area contributed by atoms with Crippen LogP contribution in [0.4, 0.5) is 0 Å². The van der Waals surface area contributed by atoms with Crippen LogP contribution in [0.5, 0.6) is 0 Å². The van der Waals surface area contributed by atoms with E-state index >= 15 is 0 Å². The third-order valence-electron chi connectivity index (χ3n) is 12.7. The standard InChI is InChI=1S/C58H42/c1-3-38-33-44(30-31-47(38)41-15-5-4-6-16-41)57-51-21-11-13-23-53(51)58(54-24-14-12-22-52(54)57)56-36-45(34-43-17-7-8-19-48(43)56)40-27-25-39(26-28-40)42-29-32-50-49-20-10-9-18-46(49)37(2)55(50)35-42/h4-37H,3H2,1-2H3. The molecule has 0 bridgehead atoms. The molecule has 0 saturated carbocycles. The predicted molar refractivity (Wildman–Crippen MR) is 248 cm³/mol. The lowest BCUT2D eigenvalue weighted by Gasteiger charge is -2.20. The Labute approximate surface area is 340 Å².